The van der Waals surface area contributed by atoms with E-state index in [2.05, 4.69) is 30.6 Å². The summed E-state index contributed by atoms with van der Waals surface area (Å²) in [5.74, 6) is -0.139. The van der Waals surface area contributed by atoms with E-state index in [1.54, 1.807) is 17.4 Å². The molecule has 19 heavy (non-hydrogen) atoms. The second kappa shape index (κ2) is 6.31. The Kier molecular flexibility index (Phi) is 4.72. The van der Waals surface area contributed by atoms with Crippen LogP contribution in [0.4, 0.5) is 4.39 Å². The van der Waals surface area contributed by atoms with Gasteiger partial charge in [0.05, 0.1) is 6.04 Å². The van der Waals surface area contributed by atoms with Crippen molar-refractivity contribution in [1.82, 2.24) is 5.32 Å². The first kappa shape index (κ1) is 14.2. The van der Waals surface area contributed by atoms with Crippen molar-refractivity contribution in [2.24, 2.45) is 0 Å². The van der Waals surface area contributed by atoms with Crippen molar-refractivity contribution >= 4 is 11.3 Å². The van der Waals surface area contributed by atoms with Crippen molar-refractivity contribution in [3.63, 3.8) is 0 Å². The van der Waals surface area contributed by atoms with Crippen molar-refractivity contribution in [1.29, 1.82) is 0 Å². The Bertz CT molecular complexity index is 547. The van der Waals surface area contributed by atoms with Crippen LogP contribution in [0.3, 0.4) is 0 Å². The summed E-state index contributed by atoms with van der Waals surface area (Å²) in [4.78, 5) is 1.30. The van der Waals surface area contributed by atoms with Crippen LogP contribution in [0.2, 0.25) is 0 Å². The third-order valence-electron chi connectivity index (χ3n) is 3.20. The molecule has 0 saturated carbocycles. The average molecular weight is 277 g/mol. The summed E-state index contributed by atoms with van der Waals surface area (Å²) in [6.45, 7) is 7.03. The summed E-state index contributed by atoms with van der Waals surface area (Å²) in [7, 11) is 0. The third-order valence-corrected chi connectivity index (χ3v) is 4.08. The van der Waals surface area contributed by atoms with Gasteiger partial charge in [-0.1, -0.05) is 19.1 Å². The maximum atomic E-state index is 13.4. The highest BCUT2D eigenvalue weighted by Crippen LogP contribution is 2.27. The minimum absolute atomic E-state index is 0.139. The normalized spacial score (nSPS) is 12.6. The standard InChI is InChI=1S/C16H20FNS/c1-4-7-18-16(14-9-12(3)19-10-14)13-5-6-15(17)11(2)8-13/h5-6,8-10,16,18H,4,7H2,1-3H3. The monoisotopic (exact) mass is 277 g/mol. The van der Waals surface area contributed by atoms with E-state index in [-0.39, 0.29) is 11.9 Å². The summed E-state index contributed by atoms with van der Waals surface area (Å²) in [5, 5.41) is 5.73. The fourth-order valence-corrected chi connectivity index (χ4v) is 2.91. The van der Waals surface area contributed by atoms with Gasteiger partial charge < -0.3 is 5.32 Å². The lowest BCUT2D eigenvalue weighted by Crippen LogP contribution is -2.22. The van der Waals surface area contributed by atoms with E-state index >= 15 is 0 Å². The summed E-state index contributed by atoms with van der Waals surface area (Å²) in [6, 6.07) is 7.74. The van der Waals surface area contributed by atoms with Crippen LogP contribution in [-0.2, 0) is 0 Å². The predicted molar refractivity (Wildman–Crippen MR) is 80.3 cm³/mol. The van der Waals surface area contributed by atoms with Crippen LogP contribution in [0.5, 0.6) is 0 Å². The molecule has 0 saturated heterocycles. The molecular weight excluding hydrogens is 257 g/mol. The topological polar surface area (TPSA) is 12.0 Å². The highest BCUT2D eigenvalue weighted by Gasteiger charge is 2.15. The quantitative estimate of drug-likeness (QED) is 0.842. The minimum atomic E-state index is -0.139. The SMILES string of the molecule is CCCNC(c1csc(C)c1)c1ccc(F)c(C)c1. The molecule has 1 aromatic heterocycles. The molecule has 0 spiro atoms. The fourth-order valence-electron chi connectivity index (χ4n) is 2.18. The first-order chi connectivity index (χ1) is 9.11. The molecule has 0 bridgehead atoms. The molecule has 1 nitrogen and oxygen atoms in total. The zero-order valence-electron chi connectivity index (χ0n) is 11.7. The van der Waals surface area contributed by atoms with Gasteiger partial charge in [0.2, 0.25) is 0 Å². The summed E-state index contributed by atoms with van der Waals surface area (Å²) < 4.78 is 13.4. The van der Waals surface area contributed by atoms with E-state index in [1.165, 1.54) is 10.4 Å². The Labute approximate surface area is 118 Å². The Hall–Kier alpha value is -1.19. The Morgan fingerprint density at radius 3 is 2.58 bits per heavy atom. The molecule has 0 radical (unpaired) electrons. The number of benzene rings is 1. The highest BCUT2D eigenvalue weighted by molar-refractivity contribution is 7.10. The lowest BCUT2D eigenvalue weighted by atomic mass is 9.99. The number of aryl methyl sites for hydroxylation is 2. The number of nitrogens with one attached hydrogen (secondary N) is 1. The van der Waals surface area contributed by atoms with Crippen molar-refractivity contribution in [2.45, 2.75) is 33.2 Å². The predicted octanol–water partition coefficient (Wildman–Crippen LogP) is 4.59. The maximum Gasteiger partial charge on any atom is 0.126 e. The largest absolute Gasteiger partial charge is 0.306 e. The molecule has 2 aromatic rings. The molecule has 102 valence electrons. The van der Waals surface area contributed by atoms with E-state index in [1.807, 2.05) is 19.1 Å². The van der Waals surface area contributed by atoms with Crippen LogP contribution in [0, 0.1) is 19.7 Å². The van der Waals surface area contributed by atoms with E-state index < -0.39 is 0 Å². The van der Waals surface area contributed by atoms with E-state index in [4.69, 9.17) is 0 Å². The molecule has 3 heteroatoms. The zero-order valence-corrected chi connectivity index (χ0v) is 12.5. The van der Waals surface area contributed by atoms with E-state index in [9.17, 15) is 4.39 Å². The van der Waals surface area contributed by atoms with Crippen LogP contribution in [0.25, 0.3) is 0 Å². The first-order valence-electron chi connectivity index (χ1n) is 6.66. The molecule has 0 amide bonds. The van der Waals surface area contributed by atoms with Gasteiger partial charge in [-0.05, 0) is 61.0 Å². The third kappa shape index (κ3) is 3.43. The van der Waals surface area contributed by atoms with E-state index in [0.717, 1.165) is 18.5 Å². The first-order valence-corrected chi connectivity index (χ1v) is 7.54. The van der Waals surface area contributed by atoms with Gasteiger partial charge >= 0.3 is 0 Å². The minimum Gasteiger partial charge on any atom is -0.306 e. The molecule has 1 aromatic carbocycles. The van der Waals surface area contributed by atoms with Gasteiger partial charge in [0, 0.05) is 4.88 Å². The molecule has 1 heterocycles. The van der Waals surface area contributed by atoms with Crippen LogP contribution in [0.15, 0.2) is 29.6 Å². The molecular formula is C16H20FNS. The molecule has 0 aliphatic carbocycles. The van der Waals surface area contributed by atoms with Crippen molar-refractivity contribution in [3.05, 3.63) is 57.0 Å². The lowest BCUT2D eigenvalue weighted by Gasteiger charge is -2.19. The molecule has 1 N–H and O–H groups in total. The molecule has 1 unspecified atom stereocenters. The summed E-state index contributed by atoms with van der Waals surface area (Å²) >= 11 is 1.75. The second-order valence-corrected chi connectivity index (χ2v) is 6.00. The van der Waals surface area contributed by atoms with Crippen molar-refractivity contribution in [2.75, 3.05) is 6.54 Å². The van der Waals surface area contributed by atoms with Crippen molar-refractivity contribution < 1.29 is 4.39 Å². The van der Waals surface area contributed by atoms with Gasteiger partial charge in [-0.25, -0.2) is 4.39 Å². The Morgan fingerprint density at radius 2 is 2.00 bits per heavy atom. The number of thiophene rings is 1. The van der Waals surface area contributed by atoms with E-state index in [0.29, 0.717) is 5.56 Å². The zero-order chi connectivity index (χ0) is 13.8. The maximum absolute atomic E-state index is 13.4. The number of halogens is 1. The van der Waals surface area contributed by atoms with Crippen LogP contribution < -0.4 is 5.32 Å². The van der Waals surface area contributed by atoms with Crippen LogP contribution in [0.1, 0.15) is 41.0 Å². The second-order valence-electron chi connectivity index (χ2n) is 4.89. The number of rotatable bonds is 5. The van der Waals surface area contributed by atoms with Gasteiger partial charge in [-0.2, -0.15) is 0 Å². The molecule has 2 rings (SSSR count). The number of hydrogen-bond donors (Lipinski definition) is 1. The molecule has 1 atom stereocenters. The fraction of sp³-hybridized carbons (Fsp3) is 0.375. The summed E-state index contributed by atoms with van der Waals surface area (Å²) in [5.41, 5.74) is 3.10. The van der Waals surface area contributed by atoms with Crippen LogP contribution >= 0.6 is 11.3 Å². The molecule has 0 fully saturated rings. The molecule has 0 aliphatic rings. The van der Waals surface area contributed by atoms with Crippen LogP contribution in [-0.4, -0.2) is 6.54 Å². The van der Waals surface area contributed by atoms with Gasteiger partial charge in [0.15, 0.2) is 0 Å². The number of hydrogen-bond acceptors (Lipinski definition) is 2. The average Bonchev–Trinajstić information content (AvgIpc) is 2.80. The Balaban J connectivity index is 2.33. The highest BCUT2D eigenvalue weighted by atomic mass is 32.1. The van der Waals surface area contributed by atoms with Gasteiger partial charge in [0.25, 0.3) is 0 Å². The van der Waals surface area contributed by atoms with Gasteiger partial charge in [-0.15, -0.1) is 11.3 Å². The molecule has 0 aliphatic heterocycles. The lowest BCUT2D eigenvalue weighted by molar-refractivity contribution is 0.591. The van der Waals surface area contributed by atoms with Crippen molar-refractivity contribution in [3.8, 4) is 0 Å². The Morgan fingerprint density at radius 1 is 1.21 bits per heavy atom. The van der Waals surface area contributed by atoms with Gasteiger partial charge in [0.1, 0.15) is 5.82 Å². The van der Waals surface area contributed by atoms with Gasteiger partial charge in [-0.3, -0.25) is 0 Å². The smallest absolute Gasteiger partial charge is 0.126 e. The summed E-state index contributed by atoms with van der Waals surface area (Å²) in [6.07, 6.45) is 1.08.